The van der Waals surface area contributed by atoms with E-state index in [1.54, 1.807) is 6.20 Å². The number of furan rings is 1. The second-order valence-corrected chi connectivity index (χ2v) is 5.91. The Bertz CT molecular complexity index is 1180. The van der Waals surface area contributed by atoms with E-state index in [9.17, 15) is 0 Å². The molecule has 0 atom stereocenters. The molecule has 2 aromatic heterocycles. The van der Waals surface area contributed by atoms with E-state index < -0.39 is 6.98 Å². The number of aromatic nitrogens is 2. The number of anilines is 3. The van der Waals surface area contributed by atoms with Crippen molar-refractivity contribution in [1.29, 1.82) is 0 Å². The topological polar surface area (TPSA) is 45.4 Å². The Hall–Kier alpha value is -3.08. The number of hydrogen-bond acceptors (Lipinski definition) is 5. The van der Waals surface area contributed by atoms with Gasteiger partial charge in [-0.25, -0.2) is 9.97 Å². The molecule has 24 heavy (non-hydrogen) atoms. The van der Waals surface area contributed by atoms with Crippen LogP contribution >= 0.6 is 0 Å². The van der Waals surface area contributed by atoms with Crippen molar-refractivity contribution >= 4 is 39.3 Å². The van der Waals surface area contributed by atoms with Crippen molar-refractivity contribution in [3.8, 4) is 0 Å². The third-order valence-electron chi connectivity index (χ3n) is 4.45. The molecule has 2 aromatic carbocycles. The van der Waals surface area contributed by atoms with Gasteiger partial charge in [0.25, 0.3) is 0 Å². The van der Waals surface area contributed by atoms with E-state index in [1.165, 1.54) is 11.1 Å². The lowest BCUT2D eigenvalue weighted by atomic mass is 10.1. The summed E-state index contributed by atoms with van der Waals surface area (Å²) in [6.07, 6.45) is 3.08. The molecule has 118 valence electrons. The van der Waals surface area contributed by atoms with E-state index in [0.29, 0.717) is 11.6 Å². The van der Waals surface area contributed by atoms with E-state index in [-0.39, 0.29) is 6.67 Å². The molecule has 0 aliphatic carbocycles. The van der Waals surface area contributed by atoms with Crippen LogP contribution in [-0.4, -0.2) is 23.6 Å². The number of nitrogens with zero attached hydrogens (tertiary/aromatic N) is 4. The Morgan fingerprint density at radius 1 is 1.04 bits per heavy atom. The summed E-state index contributed by atoms with van der Waals surface area (Å²) in [6, 6.07) is 11.9. The molecule has 0 amide bonds. The van der Waals surface area contributed by atoms with Crippen molar-refractivity contribution in [3.63, 3.8) is 0 Å². The first-order valence-electron chi connectivity index (χ1n) is 9.22. The maximum atomic E-state index is 7.86. The van der Waals surface area contributed by atoms with Crippen LogP contribution < -0.4 is 9.80 Å². The minimum Gasteiger partial charge on any atom is -0.454 e. The first-order valence-corrected chi connectivity index (χ1v) is 7.72. The van der Waals surface area contributed by atoms with Gasteiger partial charge in [-0.1, -0.05) is 30.3 Å². The Labute approximate surface area is 143 Å². The zero-order valence-electron chi connectivity index (χ0n) is 16.0. The predicted molar refractivity (Wildman–Crippen MR) is 95.9 cm³/mol. The molecule has 0 unspecified atom stereocenters. The summed E-state index contributed by atoms with van der Waals surface area (Å²) in [5.41, 5.74) is 3.31. The van der Waals surface area contributed by atoms with Crippen LogP contribution in [0.5, 0.6) is 0 Å². The number of aryl methyl sites for hydroxylation is 1. The summed E-state index contributed by atoms with van der Waals surface area (Å²) >= 11 is 0. The van der Waals surface area contributed by atoms with Gasteiger partial charge >= 0.3 is 0 Å². The van der Waals surface area contributed by atoms with Crippen molar-refractivity contribution in [2.45, 2.75) is 6.92 Å². The Balaban J connectivity index is 1.78. The molecule has 0 saturated carbocycles. The van der Waals surface area contributed by atoms with Gasteiger partial charge in [0.1, 0.15) is 5.58 Å². The molecule has 3 heterocycles. The van der Waals surface area contributed by atoms with Gasteiger partial charge in [-0.05, 0) is 18.6 Å². The van der Waals surface area contributed by atoms with Crippen LogP contribution in [0.3, 0.4) is 0 Å². The first-order chi connectivity index (χ1) is 12.9. The van der Waals surface area contributed by atoms with E-state index in [4.69, 9.17) is 8.53 Å². The van der Waals surface area contributed by atoms with Gasteiger partial charge in [0.2, 0.25) is 0 Å². The summed E-state index contributed by atoms with van der Waals surface area (Å²) in [6.45, 7) is -0.196. The minimum atomic E-state index is -2.31. The van der Waals surface area contributed by atoms with Crippen LogP contribution in [0.1, 0.15) is 9.68 Å². The highest BCUT2D eigenvalue weighted by Crippen LogP contribution is 2.43. The van der Waals surface area contributed by atoms with Gasteiger partial charge in [0, 0.05) is 34.3 Å². The molecule has 4 aromatic rings. The SMILES string of the molecule is [2H]C([2H])([2H])N1CN(c2c(C)ccc3c2oc2ccccc23)c2nccnc21. The van der Waals surface area contributed by atoms with Gasteiger partial charge in [-0.15, -0.1) is 0 Å². The number of hydrogen-bond donors (Lipinski definition) is 0. The van der Waals surface area contributed by atoms with E-state index in [1.807, 2.05) is 48.2 Å². The van der Waals surface area contributed by atoms with Crippen LogP contribution in [-0.2, 0) is 0 Å². The first kappa shape index (κ1) is 10.6. The Morgan fingerprint density at radius 2 is 1.88 bits per heavy atom. The number of fused-ring (bicyclic) bond motifs is 4. The largest absolute Gasteiger partial charge is 0.454 e. The maximum Gasteiger partial charge on any atom is 0.178 e. The molecule has 0 radical (unpaired) electrons. The lowest BCUT2D eigenvalue weighted by Crippen LogP contribution is -2.25. The lowest BCUT2D eigenvalue weighted by molar-refractivity contribution is 0.667. The van der Waals surface area contributed by atoms with Crippen LogP contribution in [0.4, 0.5) is 17.3 Å². The Morgan fingerprint density at radius 3 is 2.75 bits per heavy atom. The molecule has 5 nitrogen and oxygen atoms in total. The van der Waals surface area contributed by atoms with Crippen LogP contribution in [0.25, 0.3) is 21.9 Å². The minimum absolute atomic E-state index is 0.132. The van der Waals surface area contributed by atoms with Crippen LogP contribution in [0.2, 0.25) is 0 Å². The zero-order valence-corrected chi connectivity index (χ0v) is 13.0. The maximum absolute atomic E-state index is 7.86. The van der Waals surface area contributed by atoms with Crippen molar-refractivity contribution in [3.05, 3.63) is 54.4 Å². The molecule has 0 fully saturated rings. The Kier molecular flexibility index (Phi) is 2.09. The fourth-order valence-electron chi connectivity index (χ4n) is 3.36. The van der Waals surface area contributed by atoms with Gasteiger partial charge in [-0.3, -0.25) is 0 Å². The molecule has 1 aliphatic rings. The summed E-state index contributed by atoms with van der Waals surface area (Å²) in [4.78, 5) is 11.8. The number of para-hydroxylation sites is 1. The van der Waals surface area contributed by atoms with Gasteiger partial charge in [-0.2, -0.15) is 0 Å². The highest BCUT2D eigenvalue weighted by atomic mass is 16.3. The monoisotopic (exact) mass is 319 g/mol. The molecular weight excluding hydrogens is 300 g/mol. The number of benzene rings is 2. The smallest absolute Gasteiger partial charge is 0.178 e. The third kappa shape index (κ3) is 1.69. The summed E-state index contributed by atoms with van der Waals surface area (Å²) in [5.74, 6) is 0.870. The molecule has 5 rings (SSSR count). The van der Waals surface area contributed by atoms with E-state index in [0.717, 1.165) is 33.2 Å². The van der Waals surface area contributed by atoms with Crippen molar-refractivity contribution in [2.75, 3.05) is 23.4 Å². The second-order valence-electron chi connectivity index (χ2n) is 5.91. The summed E-state index contributed by atoms with van der Waals surface area (Å²) in [7, 11) is 0. The average molecular weight is 319 g/mol. The highest BCUT2D eigenvalue weighted by Gasteiger charge is 2.30. The molecule has 0 saturated heterocycles. The lowest BCUT2D eigenvalue weighted by Gasteiger charge is -2.20. The van der Waals surface area contributed by atoms with Gasteiger partial charge in [0.05, 0.1) is 12.4 Å². The molecule has 0 spiro atoms. The molecule has 5 heteroatoms. The number of rotatable bonds is 1. The zero-order chi connectivity index (χ0) is 18.8. The van der Waals surface area contributed by atoms with Crippen LogP contribution in [0, 0.1) is 6.92 Å². The quantitative estimate of drug-likeness (QED) is 0.525. The van der Waals surface area contributed by atoms with E-state index in [2.05, 4.69) is 9.97 Å². The highest BCUT2D eigenvalue weighted by molar-refractivity contribution is 6.10. The fraction of sp³-hybridized carbons (Fsp3) is 0.158. The summed E-state index contributed by atoms with van der Waals surface area (Å²) < 4.78 is 29.7. The van der Waals surface area contributed by atoms with Crippen LogP contribution in [0.15, 0.2) is 53.2 Å². The van der Waals surface area contributed by atoms with Gasteiger partial charge < -0.3 is 14.2 Å². The normalized spacial score (nSPS) is 16.3. The molecule has 0 N–H and O–H groups in total. The van der Waals surface area contributed by atoms with Crippen molar-refractivity contribution in [2.24, 2.45) is 0 Å². The standard InChI is InChI=1S/C19H16N4O/c1-12-7-8-14-13-5-3-4-6-15(13)24-17(14)16(12)23-11-22(2)18-19(23)21-10-9-20-18/h3-10H,11H2,1-2H3/i2D3. The van der Waals surface area contributed by atoms with Crippen molar-refractivity contribution in [1.82, 2.24) is 9.97 Å². The van der Waals surface area contributed by atoms with Crippen molar-refractivity contribution < 1.29 is 8.53 Å². The molecule has 1 aliphatic heterocycles. The molecular formula is C19H16N4O. The molecule has 0 bridgehead atoms. The third-order valence-corrected chi connectivity index (χ3v) is 4.45. The predicted octanol–water partition coefficient (Wildman–Crippen LogP) is 4.23. The average Bonchev–Trinajstić information content (AvgIpc) is 3.20. The fourth-order valence-corrected chi connectivity index (χ4v) is 3.36. The van der Waals surface area contributed by atoms with Gasteiger partial charge in [0.15, 0.2) is 17.2 Å². The second kappa shape index (κ2) is 4.71. The summed E-state index contributed by atoms with van der Waals surface area (Å²) in [5, 5.41) is 2.02. The van der Waals surface area contributed by atoms with E-state index >= 15 is 0 Å².